The number of hydrogen-bond donors (Lipinski definition) is 2. The molecule has 0 aliphatic carbocycles. The third-order valence-electron chi connectivity index (χ3n) is 4.98. The minimum atomic E-state index is -0.0800. The zero-order valence-corrected chi connectivity index (χ0v) is 18.2. The first-order valence-electron chi connectivity index (χ1n) is 9.57. The summed E-state index contributed by atoms with van der Waals surface area (Å²) < 4.78 is 6.15. The summed E-state index contributed by atoms with van der Waals surface area (Å²) in [5.41, 5.74) is 1.32. The van der Waals surface area contributed by atoms with Crippen molar-refractivity contribution >= 4 is 39.1 Å². The molecule has 5 nitrogen and oxygen atoms in total. The average molecular weight is 396 g/mol. The van der Waals surface area contributed by atoms with Crippen LogP contribution in [-0.4, -0.2) is 48.5 Å². The van der Waals surface area contributed by atoms with E-state index < -0.39 is 0 Å². The van der Waals surface area contributed by atoms with Gasteiger partial charge in [0, 0.05) is 24.3 Å². The summed E-state index contributed by atoms with van der Waals surface area (Å²) in [5.74, 6) is 1.99. The van der Waals surface area contributed by atoms with Gasteiger partial charge in [-0.1, -0.05) is 25.6 Å². The number of nitrogens with zero attached hydrogens (tertiary/aromatic N) is 2. The maximum Gasteiger partial charge on any atom is 0.190 e. The molecular weight excluding hydrogens is 364 g/mol. The van der Waals surface area contributed by atoms with Gasteiger partial charge in [0.25, 0.3) is 0 Å². The van der Waals surface area contributed by atoms with Crippen molar-refractivity contribution in [3.8, 4) is 0 Å². The molecule has 2 N–H and O–H groups in total. The lowest BCUT2D eigenvalue weighted by Crippen LogP contribution is -3.05. The second-order valence-electron chi connectivity index (χ2n) is 7.48. The highest BCUT2D eigenvalue weighted by atomic mass is 32.2. The molecule has 3 rings (SSSR count). The van der Waals surface area contributed by atoms with E-state index in [0.29, 0.717) is 6.61 Å². The Morgan fingerprint density at radius 2 is 2.12 bits per heavy atom. The van der Waals surface area contributed by atoms with Crippen molar-refractivity contribution < 1.29 is 9.64 Å². The van der Waals surface area contributed by atoms with Crippen molar-refractivity contribution in [2.24, 2.45) is 0 Å². The van der Waals surface area contributed by atoms with E-state index in [-0.39, 0.29) is 5.60 Å². The third kappa shape index (κ3) is 4.32. The number of quaternary nitrogens is 1. The van der Waals surface area contributed by atoms with Crippen LogP contribution in [0, 0.1) is 0 Å². The maximum atomic E-state index is 6.15. The topological polar surface area (TPSA) is 51.5 Å². The van der Waals surface area contributed by atoms with Crippen LogP contribution < -0.4 is 10.2 Å². The SMILES string of the molecule is CCSc1nc(NCCC[NH+](C)C)c2c3c(sc2n1)CO[C@](C)(CC)C3. The Morgan fingerprint density at radius 1 is 1.31 bits per heavy atom. The summed E-state index contributed by atoms with van der Waals surface area (Å²) in [6.45, 7) is 9.36. The van der Waals surface area contributed by atoms with Crippen molar-refractivity contribution in [1.82, 2.24) is 9.97 Å². The zero-order chi connectivity index (χ0) is 18.7. The van der Waals surface area contributed by atoms with Gasteiger partial charge in [-0.15, -0.1) is 11.3 Å². The molecule has 0 amide bonds. The van der Waals surface area contributed by atoms with Crippen LogP contribution in [0.4, 0.5) is 5.82 Å². The lowest BCUT2D eigenvalue weighted by atomic mass is 9.90. The van der Waals surface area contributed by atoms with E-state index in [1.807, 2.05) is 0 Å². The van der Waals surface area contributed by atoms with Crippen molar-refractivity contribution in [2.45, 2.75) is 57.4 Å². The third-order valence-corrected chi connectivity index (χ3v) is 6.81. The van der Waals surface area contributed by atoms with Crippen molar-refractivity contribution in [2.75, 3.05) is 38.3 Å². The van der Waals surface area contributed by atoms with Crippen molar-refractivity contribution in [1.29, 1.82) is 0 Å². The summed E-state index contributed by atoms with van der Waals surface area (Å²) in [7, 11) is 4.39. The molecule has 3 heterocycles. The Morgan fingerprint density at radius 3 is 2.81 bits per heavy atom. The number of thioether (sulfide) groups is 1. The molecule has 0 bridgehead atoms. The molecule has 1 aliphatic rings. The van der Waals surface area contributed by atoms with E-state index in [0.717, 1.165) is 53.9 Å². The molecule has 7 heteroatoms. The minimum absolute atomic E-state index is 0.0800. The van der Waals surface area contributed by atoms with Crippen LogP contribution in [-0.2, 0) is 17.8 Å². The fraction of sp³-hybridized carbons (Fsp3) is 0.684. The highest BCUT2D eigenvalue weighted by molar-refractivity contribution is 7.99. The zero-order valence-electron chi connectivity index (χ0n) is 16.6. The molecule has 1 atom stereocenters. The van der Waals surface area contributed by atoms with Crippen LogP contribution >= 0.6 is 23.1 Å². The average Bonchev–Trinajstić information content (AvgIpc) is 2.96. The van der Waals surface area contributed by atoms with Gasteiger partial charge in [-0.05, 0) is 24.7 Å². The largest absolute Gasteiger partial charge is 0.369 e. The van der Waals surface area contributed by atoms with Crippen molar-refractivity contribution in [3.05, 3.63) is 10.4 Å². The fourth-order valence-corrected chi connectivity index (χ4v) is 4.98. The van der Waals surface area contributed by atoms with Crippen LogP contribution in [0.3, 0.4) is 0 Å². The minimum Gasteiger partial charge on any atom is -0.369 e. The Labute approximate surface area is 164 Å². The highest BCUT2D eigenvalue weighted by Crippen LogP contribution is 2.42. The van der Waals surface area contributed by atoms with E-state index in [1.54, 1.807) is 23.1 Å². The van der Waals surface area contributed by atoms with Gasteiger partial charge in [0.05, 0.1) is 38.2 Å². The van der Waals surface area contributed by atoms with E-state index in [1.165, 1.54) is 20.7 Å². The number of ether oxygens (including phenoxy) is 1. The molecule has 0 spiro atoms. The molecule has 144 valence electrons. The molecule has 0 saturated heterocycles. The molecule has 2 aromatic heterocycles. The molecule has 1 aliphatic heterocycles. The Hall–Kier alpha value is -0.890. The summed E-state index contributed by atoms with van der Waals surface area (Å²) in [5, 5.41) is 5.71. The van der Waals surface area contributed by atoms with Gasteiger partial charge < -0.3 is 15.0 Å². The lowest BCUT2D eigenvalue weighted by Gasteiger charge is -2.33. The van der Waals surface area contributed by atoms with Gasteiger partial charge in [0.15, 0.2) is 5.16 Å². The van der Waals surface area contributed by atoms with Crippen LogP contribution in [0.25, 0.3) is 10.2 Å². The van der Waals surface area contributed by atoms with Crippen LogP contribution in [0.5, 0.6) is 0 Å². The Bertz CT molecular complexity index is 762. The number of anilines is 1. The van der Waals surface area contributed by atoms with E-state index >= 15 is 0 Å². The van der Waals surface area contributed by atoms with Crippen LogP contribution in [0.2, 0.25) is 0 Å². The quantitative estimate of drug-likeness (QED) is 0.409. The molecule has 0 fully saturated rings. The van der Waals surface area contributed by atoms with Crippen LogP contribution in [0.15, 0.2) is 5.16 Å². The van der Waals surface area contributed by atoms with E-state index in [2.05, 4.69) is 40.2 Å². The monoisotopic (exact) mass is 395 g/mol. The number of rotatable bonds is 8. The summed E-state index contributed by atoms with van der Waals surface area (Å²) in [6, 6.07) is 0. The number of thiophene rings is 1. The standard InChI is InChI=1S/C19H30N4OS2/c1-6-19(3)11-13-14(12-24-19)26-17-15(13)16(20-9-8-10-23(4)5)21-18(22-17)25-7-2/h6-12H2,1-5H3,(H,20,21,22)/p+1/t19-/m1/s1. The Balaban J connectivity index is 1.95. The van der Waals surface area contributed by atoms with Gasteiger partial charge in [-0.2, -0.15) is 0 Å². The maximum absolute atomic E-state index is 6.15. The first-order valence-corrected chi connectivity index (χ1v) is 11.4. The smallest absolute Gasteiger partial charge is 0.190 e. The normalized spacial score (nSPS) is 19.9. The molecule has 0 radical (unpaired) electrons. The first-order chi connectivity index (χ1) is 12.5. The number of hydrogen-bond acceptors (Lipinski definition) is 6. The summed E-state index contributed by atoms with van der Waals surface area (Å²) in [4.78, 5) is 13.6. The molecular formula is C19H31N4OS2+. The summed E-state index contributed by atoms with van der Waals surface area (Å²) in [6.07, 6.45) is 3.09. The lowest BCUT2D eigenvalue weighted by molar-refractivity contribution is -0.858. The van der Waals surface area contributed by atoms with Gasteiger partial charge >= 0.3 is 0 Å². The summed E-state index contributed by atoms with van der Waals surface area (Å²) >= 11 is 3.48. The van der Waals surface area contributed by atoms with Gasteiger partial charge in [0.1, 0.15) is 10.6 Å². The second kappa shape index (κ2) is 8.42. The molecule has 0 aromatic carbocycles. The van der Waals surface area contributed by atoms with Gasteiger partial charge in [-0.25, -0.2) is 9.97 Å². The van der Waals surface area contributed by atoms with E-state index in [9.17, 15) is 0 Å². The van der Waals surface area contributed by atoms with Gasteiger partial charge in [-0.3, -0.25) is 0 Å². The van der Waals surface area contributed by atoms with Gasteiger partial charge in [0.2, 0.25) is 0 Å². The highest BCUT2D eigenvalue weighted by Gasteiger charge is 2.33. The molecule has 26 heavy (non-hydrogen) atoms. The number of fused-ring (bicyclic) bond motifs is 3. The number of nitrogens with one attached hydrogen (secondary N) is 2. The molecule has 0 unspecified atom stereocenters. The fourth-order valence-electron chi connectivity index (χ4n) is 3.25. The van der Waals surface area contributed by atoms with Crippen molar-refractivity contribution in [3.63, 3.8) is 0 Å². The molecule has 0 saturated carbocycles. The number of aromatic nitrogens is 2. The predicted molar refractivity (Wildman–Crippen MR) is 112 cm³/mol. The van der Waals surface area contributed by atoms with Crippen LogP contribution in [0.1, 0.15) is 44.1 Å². The van der Waals surface area contributed by atoms with E-state index in [4.69, 9.17) is 14.7 Å². The predicted octanol–water partition coefficient (Wildman–Crippen LogP) is 2.99. The Kier molecular flexibility index (Phi) is 6.43. The molecule has 2 aromatic rings. The second-order valence-corrected chi connectivity index (χ2v) is 9.79. The first kappa shape index (κ1) is 19.9.